The number of hydrogen-bond donors (Lipinski definition) is 0. The molecule has 0 saturated heterocycles. The highest BCUT2D eigenvalue weighted by Gasteiger charge is 2.40. The Morgan fingerprint density at radius 3 is 2.28 bits per heavy atom. The Balaban J connectivity index is 2.15. The number of alkyl halides is 3. The molecule has 0 bridgehead atoms. The Kier molecular flexibility index (Phi) is 3.84. The molecule has 0 unspecified atom stereocenters. The monoisotopic (exact) mass is 369 g/mol. The van der Waals surface area contributed by atoms with Gasteiger partial charge in [-0.3, -0.25) is 4.79 Å². The summed E-state index contributed by atoms with van der Waals surface area (Å²) in [6.07, 6.45) is -3.03. The Hall–Kier alpha value is -0.790. The van der Waals surface area contributed by atoms with Crippen molar-refractivity contribution < 1.29 is 18.0 Å². The van der Waals surface area contributed by atoms with E-state index < -0.39 is 18.6 Å². The number of carbonyl (C=O) groups is 1. The van der Waals surface area contributed by atoms with Gasteiger partial charge in [-0.15, -0.1) is 0 Å². The van der Waals surface area contributed by atoms with Crippen molar-refractivity contribution in [3.05, 3.63) is 33.4 Å². The van der Waals surface area contributed by atoms with Crippen molar-refractivity contribution >= 4 is 28.5 Å². The minimum Gasteiger partial charge on any atom is -0.327 e. The number of nitrogens with zero attached hydrogens (tertiary/aromatic N) is 1. The predicted molar refractivity (Wildman–Crippen MR) is 69.3 cm³/mol. The van der Waals surface area contributed by atoms with Crippen LogP contribution in [0.4, 0.5) is 13.2 Å². The van der Waals surface area contributed by atoms with Crippen molar-refractivity contribution in [3.8, 4) is 0 Å². The fraction of sp³-hybridized carbons (Fsp3) is 0.417. The zero-order valence-corrected chi connectivity index (χ0v) is 11.5. The van der Waals surface area contributed by atoms with E-state index >= 15 is 0 Å². The molecule has 1 fully saturated rings. The van der Waals surface area contributed by atoms with Crippen LogP contribution in [0, 0.1) is 3.57 Å². The second kappa shape index (κ2) is 5.07. The Morgan fingerprint density at radius 1 is 1.28 bits per heavy atom. The number of rotatable bonds is 3. The largest absolute Gasteiger partial charge is 0.406 e. The molecule has 1 aliphatic carbocycles. The van der Waals surface area contributed by atoms with Crippen LogP contribution in [0.5, 0.6) is 0 Å². The Bertz CT molecular complexity index is 440. The lowest BCUT2D eigenvalue weighted by Crippen LogP contribution is -2.40. The molecule has 2 rings (SSSR count). The maximum Gasteiger partial charge on any atom is 0.406 e. The van der Waals surface area contributed by atoms with E-state index in [1.54, 1.807) is 24.3 Å². The fourth-order valence-electron chi connectivity index (χ4n) is 1.70. The van der Waals surface area contributed by atoms with Gasteiger partial charge in [0.2, 0.25) is 0 Å². The molecule has 0 heterocycles. The van der Waals surface area contributed by atoms with Gasteiger partial charge in [-0.25, -0.2) is 0 Å². The average Bonchev–Trinajstić information content (AvgIpc) is 3.08. The molecule has 1 amide bonds. The summed E-state index contributed by atoms with van der Waals surface area (Å²) in [4.78, 5) is 13.0. The van der Waals surface area contributed by atoms with Crippen molar-refractivity contribution in [2.45, 2.75) is 25.1 Å². The summed E-state index contributed by atoms with van der Waals surface area (Å²) < 4.78 is 38.3. The van der Waals surface area contributed by atoms with Crippen molar-refractivity contribution in [3.63, 3.8) is 0 Å². The molecular formula is C12H11F3INO. The van der Waals surface area contributed by atoms with Crippen LogP contribution in [0.2, 0.25) is 0 Å². The molecule has 1 aliphatic rings. The highest BCUT2D eigenvalue weighted by Crippen LogP contribution is 2.31. The van der Waals surface area contributed by atoms with Gasteiger partial charge < -0.3 is 4.90 Å². The van der Waals surface area contributed by atoms with Crippen molar-refractivity contribution in [1.82, 2.24) is 4.90 Å². The lowest BCUT2D eigenvalue weighted by molar-refractivity contribution is -0.141. The number of amides is 1. The van der Waals surface area contributed by atoms with E-state index in [4.69, 9.17) is 0 Å². The zero-order valence-electron chi connectivity index (χ0n) is 9.38. The summed E-state index contributed by atoms with van der Waals surface area (Å²) in [5.74, 6) is -0.536. The smallest absolute Gasteiger partial charge is 0.327 e. The van der Waals surface area contributed by atoms with Gasteiger partial charge in [0.05, 0.1) is 0 Å². The van der Waals surface area contributed by atoms with Crippen LogP contribution in [0.25, 0.3) is 0 Å². The van der Waals surface area contributed by atoms with Crippen molar-refractivity contribution in [2.24, 2.45) is 0 Å². The van der Waals surface area contributed by atoms with E-state index in [9.17, 15) is 18.0 Å². The van der Waals surface area contributed by atoms with E-state index in [1.807, 2.05) is 0 Å². The van der Waals surface area contributed by atoms with Gasteiger partial charge in [0.15, 0.2) is 0 Å². The molecule has 0 radical (unpaired) electrons. The van der Waals surface area contributed by atoms with Crippen LogP contribution in [-0.4, -0.2) is 29.6 Å². The average molecular weight is 369 g/mol. The quantitative estimate of drug-likeness (QED) is 0.748. The number of hydrogen-bond acceptors (Lipinski definition) is 1. The van der Waals surface area contributed by atoms with E-state index in [1.165, 1.54) is 0 Å². The van der Waals surface area contributed by atoms with Gasteiger partial charge in [-0.2, -0.15) is 13.2 Å². The second-order valence-corrected chi connectivity index (χ2v) is 5.53. The number of benzene rings is 1. The van der Waals surface area contributed by atoms with Crippen molar-refractivity contribution in [1.29, 1.82) is 0 Å². The van der Waals surface area contributed by atoms with Crippen LogP contribution in [-0.2, 0) is 0 Å². The van der Waals surface area contributed by atoms with Crippen LogP contribution >= 0.6 is 22.6 Å². The molecule has 0 atom stereocenters. The van der Waals surface area contributed by atoms with E-state index in [-0.39, 0.29) is 6.04 Å². The standard InChI is InChI=1S/C12H11F3INO/c13-12(14,15)7-17(10-5-6-10)11(18)8-1-3-9(16)4-2-8/h1-4,10H,5-7H2. The molecule has 0 spiro atoms. The first-order valence-electron chi connectivity index (χ1n) is 5.50. The molecule has 1 aromatic carbocycles. The highest BCUT2D eigenvalue weighted by molar-refractivity contribution is 14.1. The van der Waals surface area contributed by atoms with E-state index in [2.05, 4.69) is 22.6 Å². The SMILES string of the molecule is O=C(c1ccc(I)cc1)N(CC(F)(F)F)C1CC1. The molecular weight excluding hydrogens is 358 g/mol. The first kappa shape index (κ1) is 13.6. The summed E-state index contributed by atoms with van der Waals surface area (Å²) >= 11 is 2.08. The third-order valence-electron chi connectivity index (χ3n) is 2.69. The molecule has 0 aliphatic heterocycles. The number of halogens is 4. The fourth-order valence-corrected chi connectivity index (χ4v) is 2.06. The summed E-state index contributed by atoms with van der Waals surface area (Å²) in [5.41, 5.74) is 0.312. The summed E-state index contributed by atoms with van der Waals surface area (Å²) in [7, 11) is 0. The molecule has 98 valence electrons. The Labute approximate surface area is 116 Å². The minimum atomic E-state index is -4.35. The zero-order chi connectivity index (χ0) is 13.3. The van der Waals surface area contributed by atoms with Gasteiger partial charge in [0.1, 0.15) is 6.54 Å². The first-order chi connectivity index (χ1) is 8.37. The van der Waals surface area contributed by atoms with Crippen LogP contribution in [0.3, 0.4) is 0 Å². The van der Waals surface area contributed by atoms with Gasteiger partial charge in [-0.1, -0.05) is 0 Å². The molecule has 18 heavy (non-hydrogen) atoms. The molecule has 0 N–H and O–H groups in total. The van der Waals surface area contributed by atoms with Gasteiger partial charge in [-0.05, 0) is 59.7 Å². The topological polar surface area (TPSA) is 20.3 Å². The van der Waals surface area contributed by atoms with Crippen LogP contribution in [0.1, 0.15) is 23.2 Å². The normalized spacial score (nSPS) is 15.6. The summed E-state index contributed by atoms with van der Waals surface area (Å²) in [6, 6.07) is 6.31. The third kappa shape index (κ3) is 3.60. The van der Waals surface area contributed by atoms with Gasteiger partial charge in [0.25, 0.3) is 5.91 Å². The van der Waals surface area contributed by atoms with Crippen molar-refractivity contribution in [2.75, 3.05) is 6.54 Å². The summed E-state index contributed by atoms with van der Waals surface area (Å²) in [5, 5.41) is 0. The lowest BCUT2D eigenvalue weighted by Gasteiger charge is -2.23. The molecule has 2 nitrogen and oxygen atoms in total. The number of carbonyl (C=O) groups excluding carboxylic acids is 1. The molecule has 1 aromatic rings. The highest BCUT2D eigenvalue weighted by atomic mass is 127. The predicted octanol–water partition coefficient (Wildman–Crippen LogP) is 3.46. The van der Waals surface area contributed by atoms with E-state index in [0.29, 0.717) is 18.4 Å². The molecule has 0 aromatic heterocycles. The molecule has 6 heteroatoms. The maximum atomic E-state index is 12.4. The van der Waals surface area contributed by atoms with Crippen LogP contribution in [0.15, 0.2) is 24.3 Å². The van der Waals surface area contributed by atoms with Crippen LogP contribution < -0.4 is 0 Å². The van der Waals surface area contributed by atoms with Gasteiger partial charge >= 0.3 is 6.18 Å². The lowest BCUT2D eigenvalue weighted by atomic mass is 10.2. The maximum absolute atomic E-state index is 12.4. The van der Waals surface area contributed by atoms with Gasteiger partial charge in [0, 0.05) is 15.2 Å². The molecule has 1 saturated carbocycles. The first-order valence-corrected chi connectivity index (χ1v) is 6.58. The Morgan fingerprint density at radius 2 is 1.83 bits per heavy atom. The third-order valence-corrected chi connectivity index (χ3v) is 3.41. The summed E-state index contributed by atoms with van der Waals surface area (Å²) in [6.45, 7) is -1.16. The second-order valence-electron chi connectivity index (χ2n) is 4.29. The van der Waals surface area contributed by atoms with E-state index in [0.717, 1.165) is 8.47 Å². The minimum absolute atomic E-state index is 0.251.